The predicted molar refractivity (Wildman–Crippen MR) is 100 cm³/mol. The van der Waals surface area contributed by atoms with E-state index in [0.29, 0.717) is 13.1 Å². The van der Waals surface area contributed by atoms with Crippen LogP contribution < -0.4 is 4.74 Å². The Morgan fingerprint density at radius 2 is 1.85 bits per heavy atom. The average Bonchev–Trinajstić information content (AvgIpc) is 2.68. The van der Waals surface area contributed by atoms with Gasteiger partial charge in [-0.05, 0) is 49.2 Å². The lowest BCUT2D eigenvalue weighted by Gasteiger charge is -2.34. The van der Waals surface area contributed by atoms with E-state index >= 15 is 0 Å². The quantitative estimate of drug-likeness (QED) is 0.797. The first-order valence-electron chi connectivity index (χ1n) is 9.06. The number of ether oxygens (including phenoxy) is 1. The Morgan fingerprint density at radius 1 is 1.08 bits per heavy atom. The Balaban J connectivity index is 1.44. The zero-order valence-corrected chi connectivity index (χ0v) is 15.2. The summed E-state index contributed by atoms with van der Waals surface area (Å²) in [4.78, 5) is 16.6. The second kappa shape index (κ2) is 8.81. The van der Waals surface area contributed by atoms with Gasteiger partial charge in [-0.1, -0.05) is 24.3 Å². The first-order valence-corrected chi connectivity index (χ1v) is 9.06. The highest BCUT2D eigenvalue weighted by Gasteiger charge is 2.23. The molecule has 0 aliphatic carbocycles. The van der Waals surface area contributed by atoms with Crippen molar-refractivity contribution < 1.29 is 13.9 Å². The van der Waals surface area contributed by atoms with Crippen LogP contribution in [-0.4, -0.2) is 55.5 Å². The summed E-state index contributed by atoms with van der Waals surface area (Å²) in [5.41, 5.74) is 1.44. The van der Waals surface area contributed by atoms with E-state index in [4.69, 9.17) is 4.74 Å². The van der Waals surface area contributed by atoms with Gasteiger partial charge in [0.05, 0.1) is 12.7 Å². The number of methoxy groups -OCH3 is 1. The van der Waals surface area contributed by atoms with Crippen LogP contribution in [0.2, 0.25) is 0 Å². The van der Waals surface area contributed by atoms with Crippen molar-refractivity contribution in [3.8, 4) is 5.75 Å². The maximum atomic E-state index is 13.8. The van der Waals surface area contributed by atoms with Gasteiger partial charge >= 0.3 is 0 Å². The molecular formula is C21H25FN2O2. The highest BCUT2D eigenvalue weighted by atomic mass is 19.1. The average molecular weight is 356 g/mol. The lowest BCUT2D eigenvalue weighted by Crippen LogP contribution is -2.49. The maximum absolute atomic E-state index is 13.8. The number of rotatable bonds is 6. The molecule has 26 heavy (non-hydrogen) atoms. The normalized spacial score (nSPS) is 15.1. The van der Waals surface area contributed by atoms with Crippen molar-refractivity contribution in [1.82, 2.24) is 9.80 Å². The smallest absolute Gasteiger partial charge is 0.256 e. The van der Waals surface area contributed by atoms with Crippen LogP contribution in [0.4, 0.5) is 4.39 Å². The summed E-state index contributed by atoms with van der Waals surface area (Å²) in [7, 11) is 1.68. The van der Waals surface area contributed by atoms with E-state index in [9.17, 15) is 9.18 Å². The summed E-state index contributed by atoms with van der Waals surface area (Å²) in [6, 6.07) is 14.4. The van der Waals surface area contributed by atoms with Crippen molar-refractivity contribution in [2.75, 3.05) is 39.8 Å². The van der Waals surface area contributed by atoms with Gasteiger partial charge in [0.2, 0.25) is 0 Å². The maximum Gasteiger partial charge on any atom is 0.256 e. The summed E-state index contributed by atoms with van der Waals surface area (Å²) >= 11 is 0. The summed E-state index contributed by atoms with van der Waals surface area (Å²) in [6.45, 7) is 3.95. The Morgan fingerprint density at radius 3 is 2.58 bits per heavy atom. The van der Waals surface area contributed by atoms with Crippen LogP contribution in [-0.2, 0) is 6.42 Å². The molecule has 5 heteroatoms. The third kappa shape index (κ3) is 4.61. The van der Waals surface area contributed by atoms with Crippen molar-refractivity contribution >= 4 is 5.91 Å². The molecule has 1 aliphatic rings. The predicted octanol–water partition coefficient (Wildman–Crippen LogP) is 3.22. The molecule has 0 radical (unpaired) electrons. The van der Waals surface area contributed by atoms with Gasteiger partial charge in [-0.2, -0.15) is 0 Å². The summed E-state index contributed by atoms with van der Waals surface area (Å²) in [6.07, 6.45) is 2.07. The minimum absolute atomic E-state index is 0.166. The van der Waals surface area contributed by atoms with Crippen LogP contribution in [0.3, 0.4) is 0 Å². The first kappa shape index (κ1) is 18.4. The molecular weight excluding hydrogens is 331 g/mol. The lowest BCUT2D eigenvalue weighted by atomic mass is 10.1. The molecule has 0 unspecified atom stereocenters. The van der Waals surface area contributed by atoms with Gasteiger partial charge in [0.15, 0.2) is 0 Å². The summed E-state index contributed by atoms with van der Waals surface area (Å²) in [5, 5.41) is 0. The van der Waals surface area contributed by atoms with Crippen LogP contribution in [0.5, 0.6) is 5.75 Å². The molecule has 1 amide bonds. The molecule has 1 aliphatic heterocycles. The molecule has 0 spiro atoms. The molecule has 0 atom stereocenters. The van der Waals surface area contributed by atoms with Crippen LogP contribution in [0.1, 0.15) is 22.3 Å². The van der Waals surface area contributed by atoms with E-state index in [1.165, 1.54) is 11.6 Å². The van der Waals surface area contributed by atoms with Crippen molar-refractivity contribution in [3.63, 3.8) is 0 Å². The second-order valence-electron chi connectivity index (χ2n) is 6.57. The van der Waals surface area contributed by atoms with Crippen LogP contribution in [0.15, 0.2) is 48.5 Å². The fraction of sp³-hybridized carbons (Fsp3) is 0.381. The number of hydrogen-bond donors (Lipinski definition) is 0. The largest absolute Gasteiger partial charge is 0.497 e. The number of benzene rings is 2. The number of carbonyl (C=O) groups is 1. The van der Waals surface area contributed by atoms with Crippen molar-refractivity contribution in [3.05, 3.63) is 65.5 Å². The lowest BCUT2D eigenvalue weighted by molar-refractivity contribution is 0.0631. The van der Waals surface area contributed by atoms with E-state index in [2.05, 4.69) is 17.0 Å². The van der Waals surface area contributed by atoms with Gasteiger partial charge < -0.3 is 9.64 Å². The van der Waals surface area contributed by atoms with E-state index < -0.39 is 5.82 Å². The Bertz CT molecular complexity index is 742. The molecule has 0 N–H and O–H groups in total. The van der Waals surface area contributed by atoms with Gasteiger partial charge in [0.25, 0.3) is 5.91 Å². The zero-order chi connectivity index (χ0) is 18.4. The fourth-order valence-corrected chi connectivity index (χ4v) is 3.31. The van der Waals surface area contributed by atoms with E-state index in [1.807, 2.05) is 12.1 Å². The van der Waals surface area contributed by atoms with Crippen molar-refractivity contribution in [2.45, 2.75) is 12.8 Å². The monoisotopic (exact) mass is 356 g/mol. The molecule has 138 valence electrons. The number of hydrogen-bond acceptors (Lipinski definition) is 3. The molecule has 1 heterocycles. The first-order chi connectivity index (χ1) is 12.7. The number of halogens is 1. The van der Waals surface area contributed by atoms with Crippen LogP contribution in [0, 0.1) is 5.82 Å². The van der Waals surface area contributed by atoms with Gasteiger partial charge in [-0.15, -0.1) is 0 Å². The van der Waals surface area contributed by atoms with Crippen molar-refractivity contribution in [2.24, 2.45) is 0 Å². The highest BCUT2D eigenvalue weighted by Crippen LogP contribution is 2.15. The molecule has 3 rings (SSSR count). The zero-order valence-electron chi connectivity index (χ0n) is 15.2. The van der Waals surface area contributed by atoms with Crippen LogP contribution in [0.25, 0.3) is 0 Å². The van der Waals surface area contributed by atoms with Gasteiger partial charge in [0, 0.05) is 26.2 Å². The number of piperazine rings is 1. The molecule has 2 aromatic carbocycles. The van der Waals surface area contributed by atoms with Gasteiger partial charge in [-0.3, -0.25) is 9.69 Å². The molecule has 1 fully saturated rings. The topological polar surface area (TPSA) is 32.8 Å². The summed E-state index contributed by atoms with van der Waals surface area (Å²) < 4.78 is 19.0. The minimum Gasteiger partial charge on any atom is -0.497 e. The Kier molecular flexibility index (Phi) is 6.23. The van der Waals surface area contributed by atoms with E-state index in [-0.39, 0.29) is 11.5 Å². The second-order valence-corrected chi connectivity index (χ2v) is 6.57. The fourth-order valence-electron chi connectivity index (χ4n) is 3.31. The standard InChI is InChI=1S/C21H25FN2O2/c1-26-18-8-4-6-17(16-18)7-5-11-23-12-14-24(15-13-23)21(25)19-9-2-3-10-20(19)22/h2-4,6,8-10,16H,5,7,11-15H2,1H3. The molecule has 0 aromatic heterocycles. The van der Waals surface area contributed by atoms with Gasteiger partial charge in [-0.25, -0.2) is 4.39 Å². The third-order valence-electron chi connectivity index (χ3n) is 4.84. The number of aryl methyl sites for hydroxylation is 1. The minimum atomic E-state index is -0.446. The Hall–Kier alpha value is -2.40. The molecule has 1 saturated heterocycles. The number of nitrogens with zero attached hydrogens (tertiary/aromatic N) is 2. The molecule has 0 saturated carbocycles. The Labute approximate surface area is 154 Å². The molecule has 0 bridgehead atoms. The van der Waals surface area contributed by atoms with E-state index in [1.54, 1.807) is 30.2 Å². The molecule has 2 aromatic rings. The highest BCUT2D eigenvalue weighted by molar-refractivity contribution is 5.94. The number of carbonyl (C=O) groups excluding carboxylic acids is 1. The van der Waals surface area contributed by atoms with Gasteiger partial charge in [0.1, 0.15) is 11.6 Å². The molecule has 4 nitrogen and oxygen atoms in total. The SMILES string of the molecule is COc1cccc(CCCN2CCN(C(=O)c3ccccc3F)CC2)c1. The number of amides is 1. The van der Waals surface area contributed by atoms with Crippen molar-refractivity contribution in [1.29, 1.82) is 0 Å². The van der Waals surface area contributed by atoms with E-state index in [0.717, 1.165) is 38.2 Å². The third-order valence-corrected chi connectivity index (χ3v) is 4.84. The summed E-state index contributed by atoms with van der Waals surface area (Å²) in [5.74, 6) is 0.236. The van der Waals surface area contributed by atoms with Crippen LogP contribution >= 0.6 is 0 Å².